The topological polar surface area (TPSA) is 55.4 Å². The minimum atomic E-state index is -3.38. The van der Waals surface area contributed by atoms with E-state index in [4.69, 9.17) is 4.74 Å². The lowest BCUT2D eigenvalue weighted by Crippen LogP contribution is -2.25. The molecule has 0 amide bonds. The Morgan fingerprint density at radius 3 is 2.32 bits per heavy atom. The fraction of sp³-hybridized carbons (Fsp3) is 0.571. The van der Waals surface area contributed by atoms with Gasteiger partial charge in [-0.2, -0.15) is 0 Å². The van der Waals surface area contributed by atoms with Gasteiger partial charge in [0, 0.05) is 20.3 Å². The van der Waals surface area contributed by atoms with Crippen LogP contribution in [0.4, 0.5) is 0 Å². The maximum atomic E-state index is 12.0. The molecular formula is C14H23NO3S. The Hall–Kier alpha value is -0.910. The predicted octanol–water partition coefficient (Wildman–Crippen LogP) is 2.51. The first kappa shape index (κ1) is 16.1. The van der Waals surface area contributed by atoms with E-state index in [1.54, 1.807) is 19.2 Å². The minimum Gasteiger partial charge on any atom is -0.385 e. The first-order valence-corrected chi connectivity index (χ1v) is 8.04. The number of ether oxygens (including phenoxy) is 1. The summed E-state index contributed by atoms with van der Waals surface area (Å²) in [4.78, 5) is 0.323. The molecule has 0 aliphatic carbocycles. The van der Waals surface area contributed by atoms with Crippen LogP contribution in [0, 0.1) is 0 Å². The third kappa shape index (κ3) is 5.30. The first-order valence-electron chi connectivity index (χ1n) is 6.56. The molecule has 0 atom stereocenters. The number of hydrogen-bond donors (Lipinski definition) is 1. The zero-order valence-corrected chi connectivity index (χ0v) is 12.7. The van der Waals surface area contributed by atoms with Gasteiger partial charge in [-0.15, -0.1) is 0 Å². The van der Waals surface area contributed by atoms with Crippen LogP contribution in [0.3, 0.4) is 0 Å². The Morgan fingerprint density at radius 2 is 1.79 bits per heavy atom. The molecule has 5 heteroatoms. The van der Waals surface area contributed by atoms with Gasteiger partial charge in [0.05, 0.1) is 4.90 Å². The van der Waals surface area contributed by atoms with Crippen molar-refractivity contribution in [1.29, 1.82) is 0 Å². The summed E-state index contributed by atoms with van der Waals surface area (Å²) in [5.74, 6) is 0.402. The van der Waals surface area contributed by atoms with Crippen molar-refractivity contribution in [2.24, 2.45) is 0 Å². The molecule has 0 heterocycles. The third-order valence-corrected chi connectivity index (χ3v) is 4.40. The predicted molar refractivity (Wildman–Crippen MR) is 76.8 cm³/mol. The van der Waals surface area contributed by atoms with E-state index in [-0.39, 0.29) is 0 Å². The molecule has 0 aliphatic heterocycles. The molecule has 0 bridgehead atoms. The fourth-order valence-corrected chi connectivity index (χ4v) is 2.77. The van der Waals surface area contributed by atoms with Crippen LogP contribution in [-0.2, 0) is 14.8 Å². The van der Waals surface area contributed by atoms with Gasteiger partial charge < -0.3 is 4.74 Å². The second-order valence-corrected chi connectivity index (χ2v) is 6.59. The molecule has 0 aromatic heterocycles. The SMILES string of the molecule is COCCCCNS(=O)(=O)c1ccc(C(C)C)cc1. The smallest absolute Gasteiger partial charge is 0.240 e. The van der Waals surface area contributed by atoms with E-state index < -0.39 is 10.0 Å². The monoisotopic (exact) mass is 285 g/mol. The van der Waals surface area contributed by atoms with Gasteiger partial charge in [-0.3, -0.25) is 0 Å². The molecule has 0 aliphatic rings. The minimum absolute atomic E-state index is 0.323. The van der Waals surface area contributed by atoms with Crippen molar-refractivity contribution in [2.75, 3.05) is 20.3 Å². The lowest BCUT2D eigenvalue weighted by Gasteiger charge is -2.09. The summed E-state index contributed by atoms with van der Waals surface area (Å²) in [5, 5.41) is 0. The molecule has 0 unspecified atom stereocenters. The maximum Gasteiger partial charge on any atom is 0.240 e. The van der Waals surface area contributed by atoms with Crippen molar-refractivity contribution >= 4 is 10.0 Å². The molecule has 0 radical (unpaired) electrons. The number of hydrogen-bond acceptors (Lipinski definition) is 3. The van der Waals surface area contributed by atoms with Gasteiger partial charge in [0.25, 0.3) is 0 Å². The molecule has 1 N–H and O–H groups in total. The van der Waals surface area contributed by atoms with Crippen LogP contribution >= 0.6 is 0 Å². The van der Waals surface area contributed by atoms with Gasteiger partial charge in [0.2, 0.25) is 10.0 Å². The molecule has 0 saturated heterocycles. The molecule has 0 spiro atoms. The summed E-state index contributed by atoms with van der Waals surface area (Å²) in [7, 11) is -1.74. The Kier molecular flexibility index (Phi) is 6.48. The summed E-state index contributed by atoms with van der Waals surface area (Å²) in [5.41, 5.74) is 1.14. The van der Waals surface area contributed by atoms with Crippen molar-refractivity contribution in [3.63, 3.8) is 0 Å². The zero-order chi connectivity index (χ0) is 14.3. The van der Waals surface area contributed by atoms with Crippen LogP contribution < -0.4 is 4.72 Å². The first-order chi connectivity index (χ1) is 8.97. The Morgan fingerprint density at radius 1 is 1.16 bits per heavy atom. The van der Waals surface area contributed by atoms with Crippen molar-refractivity contribution in [3.05, 3.63) is 29.8 Å². The average Bonchev–Trinajstić information content (AvgIpc) is 2.38. The van der Waals surface area contributed by atoms with Gasteiger partial charge in [0.15, 0.2) is 0 Å². The summed E-state index contributed by atoms with van der Waals surface area (Å²) >= 11 is 0. The van der Waals surface area contributed by atoms with Crippen molar-refractivity contribution < 1.29 is 13.2 Å². The quantitative estimate of drug-likeness (QED) is 0.747. The summed E-state index contributed by atoms with van der Waals surface area (Å²) in [6, 6.07) is 7.05. The highest BCUT2D eigenvalue weighted by molar-refractivity contribution is 7.89. The highest BCUT2D eigenvalue weighted by Gasteiger charge is 2.13. The third-order valence-electron chi connectivity index (χ3n) is 2.92. The molecule has 1 rings (SSSR count). The van der Waals surface area contributed by atoms with Crippen LogP contribution in [0.1, 0.15) is 38.2 Å². The number of methoxy groups -OCH3 is 1. The molecule has 4 nitrogen and oxygen atoms in total. The number of sulfonamides is 1. The van der Waals surface area contributed by atoms with Gasteiger partial charge in [-0.25, -0.2) is 13.1 Å². The maximum absolute atomic E-state index is 12.0. The number of nitrogens with one attached hydrogen (secondary N) is 1. The molecular weight excluding hydrogens is 262 g/mol. The van der Waals surface area contributed by atoms with E-state index >= 15 is 0 Å². The average molecular weight is 285 g/mol. The van der Waals surface area contributed by atoms with E-state index in [0.717, 1.165) is 18.4 Å². The summed E-state index contributed by atoms with van der Waals surface area (Å²) in [6.07, 6.45) is 1.63. The molecule has 1 aromatic rings. The second kappa shape index (κ2) is 7.62. The Labute approximate surface area is 116 Å². The van der Waals surface area contributed by atoms with Crippen LogP contribution in [0.2, 0.25) is 0 Å². The normalized spacial score (nSPS) is 12.0. The fourth-order valence-electron chi connectivity index (χ4n) is 1.69. The Bertz CT molecular complexity index is 466. The largest absolute Gasteiger partial charge is 0.385 e. The highest BCUT2D eigenvalue weighted by atomic mass is 32.2. The van der Waals surface area contributed by atoms with Crippen LogP contribution in [0.5, 0.6) is 0 Å². The van der Waals surface area contributed by atoms with Gasteiger partial charge >= 0.3 is 0 Å². The Balaban J connectivity index is 2.57. The lowest BCUT2D eigenvalue weighted by atomic mass is 10.0. The van der Waals surface area contributed by atoms with Crippen LogP contribution in [0.15, 0.2) is 29.2 Å². The number of benzene rings is 1. The molecule has 108 valence electrons. The van der Waals surface area contributed by atoms with Crippen LogP contribution in [-0.4, -0.2) is 28.7 Å². The van der Waals surface area contributed by atoms with Crippen LogP contribution in [0.25, 0.3) is 0 Å². The van der Waals surface area contributed by atoms with Crippen molar-refractivity contribution in [3.8, 4) is 0 Å². The van der Waals surface area contributed by atoms with Crippen molar-refractivity contribution in [1.82, 2.24) is 4.72 Å². The van der Waals surface area contributed by atoms with Gasteiger partial charge in [0.1, 0.15) is 0 Å². The molecule has 1 aromatic carbocycles. The van der Waals surface area contributed by atoms with Gasteiger partial charge in [-0.1, -0.05) is 26.0 Å². The molecule has 0 fully saturated rings. The second-order valence-electron chi connectivity index (χ2n) is 4.82. The summed E-state index contributed by atoms with van der Waals surface area (Å²) in [6.45, 7) is 5.26. The molecule has 0 saturated carbocycles. The van der Waals surface area contributed by atoms with E-state index in [9.17, 15) is 8.42 Å². The van der Waals surface area contributed by atoms with E-state index in [0.29, 0.717) is 24.0 Å². The zero-order valence-electron chi connectivity index (χ0n) is 11.8. The molecule has 19 heavy (non-hydrogen) atoms. The highest BCUT2D eigenvalue weighted by Crippen LogP contribution is 2.17. The number of unbranched alkanes of at least 4 members (excludes halogenated alkanes) is 1. The van der Waals surface area contributed by atoms with E-state index in [2.05, 4.69) is 18.6 Å². The lowest BCUT2D eigenvalue weighted by molar-refractivity contribution is 0.193. The van der Waals surface area contributed by atoms with E-state index in [1.165, 1.54) is 0 Å². The standard InChI is InChI=1S/C14H23NO3S/c1-12(2)13-6-8-14(9-7-13)19(16,17)15-10-4-5-11-18-3/h6-9,12,15H,4-5,10-11H2,1-3H3. The van der Waals surface area contributed by atoms with Gasteiger partial charge in [-0.05, 0) is 36.5 Å². The number of rotatable bonds is 8. The van der Waals surface area contributed by atoms with Crippen molar-refractivity contribution in [2.45, 2.75) is 37.5 Å². The summed E-state index contributed by atoms with van der Waals surface area (Å²) < 4.78 is 31.5. The van der Waals surface area contributed by atoms with E-state index in [1.807, 2.05) is 12.1 Å².